The zero-order valence-electron chi connectivity index (χ0n) is 9.45. The van der Waals surface area contributed by atoms with Crippen molar-refractivity contribution in [2.75, 3.05) is 5.73 Å². The lowest BCUT2D eigenvalue weighted by Gasteiger charge is -2.08. The number of anilines is 1. The molecule has 0 saturated heterocycles. The van der Waals surface area contributed by atoms with Crippen molar-refractivity contribution in [1.29, 1.82) is 0 Å². The number of benzene rings is 1. The molecular formula is C13H10N4O. The van der Waals surface area contributed by atoms with E-state index in [1.807, 2.05) is 24.3 Å². The van der Waals surface area contributed by atoms with Crippen molar-refractivity contribution in [1.82, 2.24) is 15.0 Å². The summed E-state index contributed by atoms with van der Waals surface area (Å²) >= 11 is 0. The van der Waals surface area contributed by atoms with Gasteiger partial charge in [0.1, 0.15) is 23.6 Å². The first kappa shape index (κ1) is 10.5. The number of hydrogen-bond donors (Lipinski definition) is 1. The van der Waals surface area contributed by atoms with Gasteiger partial charge in [-0.05, 0) is 24.3 Å². The van der Waals surface area contributed by atoms with Crippen LogP contribution in [0.2, 0.25) is 0 Å². The molecule has 2 N–H and O–H groups in total. The van der Waals surface area contributed by atoms with Crippen molar-refractivity contribution in [2.24, 2.45) is 0 Å². The van der Waals surface area contributed by atoms with Gasteiger partial charge in [-0.3, -0.25) is 4.98 Å². The number of rotatable bonds is 2. The van der Waals surface area contributed by atoms with Crippen LogP contribution in [0, 0.1) is 0 Å². The van der Waals surface area contributed by atoms with E-state index in [9.17, 15) is 0 Å². The van der Waals surface area contributed by atoms with E-state index < -0.39 is 0 Å². The molecule has 0 atom stereocenters. The van der Waals surface area contributed by atoms with Crippen molar-refractivity contribution in [3.63, 3.8) is 0 Å². The first-order valence-corrected chi connectivity index (χ1v) is 5.41. The molecule has 0 unspecified atom stereocenters. The number of ether oxygens (including phenoxy) is 1. The molecule has 5 heteroatoms. The molecule has 0 bridgehead atoms. The van der Waals surface area contributed by atoms with Gasteiger partial charge in [-0.1, -0.05) is 6.07 Å². The van der Waals surface area contributed by atoms with Crippen LogP contribution in [0.5, 0.6) is 11.5 Å². The van der Waals surface area contributed by atoms with Crippen molar-refractivity contribution in [2.45, 2.75) is 0 Å². The molecule has 0 fully saturated rings. The summed E-state index contributed by atoms with van der Waals surface area (Å²) in [4.78, 5) is 12.1. The van der Waals surface area contributed by atoms with Gasteiger partial charge in [-0.15, -0.1) is 0 Å². The summed E-state index contributed by atoms with van der Waals surface area (Å²) < 4.78 is 5.75. The van der Waals surface area contributed by atoms with Crippen LogP contribution in [-0.2, 0) is 0 Å². The highest BCUT2D eigenvalue weighted by molar-refractivity contribution is 5.93. The molecule has 0 aliphatic heterocycles. The largest absolute Gasteiger partial charge is 0.455 e. The van der Waals surface area contributed by atoms with Gasteiger partial charge in [0.2, 0.25) is 0 Å². The lowest BCUT2D eigenvalue weighted by molar-refractivity contribution is 0.486. The molecule has 5 nitrogen and oxygen atoms in total. The minimum absolute atomic E-state index is 0.402. The normalized spacial score (nSPS) is 10.4. The van der Waals surface area contributed by atoms with E-state index in [-0.39, 0.29) is 0 Å². The summed E-state index contributed by atoms with van der Waals surface area (Å²) in [6.45, 7) is 0. The van der Waals surface area contributed by atoms with Gasteiger partial charge in [0.15, 0.2) is 0 Å². The Bertz CT molecular complexity index is 680. The third-order valence-electron chi connectivity index (χ3n) is 2.52. The van der Waals surface area contributed by atoms with Crippen molar-refractivity contribution < 1.29 is 4.74 Å². The fraction of sp³-hybridized carbons (Fsp3) is 0. The Hall–Kier alpha value is -2.69. The number of pyridine rings is 1. The SMILES string of the molecule is Nc1ncnc2cccc(Oc3cccnc3)c12. The van der Waals surface area contributed by atoms with E-state index in [1.165, 1.54) is 6.33 Å². The van der Waals surface area contributed by atoms with Crippen molar-refractivity contribution in [3.8, 4) is 11.5 Å². The van der Waals surface area contributed by atoms with E-state index >= 15 is 0 Å². The van der Waals surface area contributed by atoms with E-state index in [0.29, 0.717) is 22.7 Å². The third kappa shape index (κ3) is 1.82. The lowest BCUT2D eigenvalue weighted by atomic mass is 10.2. The van der Waals surface area contributed by atoms with Gasteiger partial charge in [0.05, 0.1) is 17.1 Å². The van der Waals surface area contributed by atoms with Crippen LogP contribution in [0.1, 0.15) is 0 Å². The Morgan fingerprint density at radius 2 is 2.00 bits per heavy atom. The highest BCUT2D eigenvalue weighted by atomic mass is 16.5. The zero-order valence-corrected chi connectivity index (χ0v) is 9.45. The molecule has 18 heavy (non-hydrogen) atoms. The molecule has 1 aromatic carbocycles. The highest BCUT2D eigenvalue weighted by Crippen LogP contribution is 2.31. The van der Waals surface area contributed by atoms with Crippen LogP contribution in [0.25, 0.3) is 10.9 Å². The molecule has 3 aromatic rings. The zero-order chi connectivity index (χ0) is 12.4. The highest BCUT2D eigenvalue weighted by Gasteiger charge is 2.08. The van der Waals surface area contributed by atoms with Crippen LogP contribution < -0.4 is 10.5 Å². The maximum Gasteiger partial charge on any atom is 0.145 e. The van der Waals surface area contributed by atoms with E-state index in [1.54, 1.807) is 18.5 Å². The Morgan fingerprint density at radius 3 is 2.83 bits per heavy atom. The topological polar surface area (TPSA) is 73.9 Å². The molecule has 3 rings (SSSR count). The van der Waals surface area contributed by atoms with Crippen LogP contribution in [0.4, 0.5) is 5.82 Å². The van der Waals surface area contributed by atoms with Crippen LogP contribution in [0.15, 0.2) is 49.1 Å². The average Bonchev–Trinajstić information content (AvgIpc) is 2.40. The molecule has 0 spiro atoms. The predicted octanol–water partition coefficient (Wildman–Crippen LogP) is 2.40. The second-order valence-electron chi connectivity index (χ2n) is 3.70. The molecule has 0 aliphatic rings. The number of hydrogen-bond acceptors (Lipinski definition) is 5. The lowest BCUT2D eigenvalue weighted by Crippen LogP contribution is -1.95. The summed E-state index contributed by atoms with van der Waals surface area (Å²) in [5, 5.41) is 0.712. The summed E-state index contributed by atoms with van der Waals surface area (Å²) in [6, 6.07) is 9.19. The summed E-state index contributed by atoms with van der Waals surface area (Å²) in [5.74, 6) is 1.67. The fourth-order valence-electron chi connectivity index (χ4n) is 1.72. The van der Waals surface area contributed by atoms with Gasteiger partial charge in [0.25, 0.3) is 0 Å². The number of nitrogens with two attached hydrogens (primary N) is 1. The van der Waals surface area contributed by atoms with Crippen LogP contribution in [0.3, 0.4) is 0 Å². The fourth-order valence-corrected chi connectivity index (χ4v) is 1.72. The second-order valence-corrected chi connectivity index (χ2v) is 3.70. The number of nitrogens with zero attached hydrogens (tertiary/aromatic N) is 3. The summed E-state index contributed by atoms with van der Waals surface area (Å²) in [7, 11) is 0. The van der Waals surface area contributed by atoms with Gasteiger partial charge in [0, 0.05) is 6.20 Å². The average molecular weight is 238 g/mol. The van der Waals surface area contributed by atoms with Gasteiger partial charge in [-0.25, -0.2) is 9.97 Å². The number of nitrogen functional groups attached to an aromatic ring is 1. The second kappa shape index (κ2) is 4.29. The molecule has 88 valence electrons. The number of aromatic nitrogens is 3. The summed E-state index contributed by atoms with van der Waals surface area (Å²) in [6.07, 6.45) is 4.76. The molecule has 2 aromatic heterocycles. The van der Waals surface area contributed by atoms with Gasteiger partial charge >= 0.3 is 0 Å². The summed E-state index contributed by atoms with van der Waals surface area (Å²) in [5.41, 5.74) is 6.62. The Morgan fingerprint density at radius 1 is 1.06 bits per heavy atom. The molecule has 0 aliphatic carbocycles. The van der Waals surface area contributed by atoms with E-state index in [0.717, 1.165) is 5.52 Å². The molecule has 0 amide bonds. The van der Waals surface area contributed by atoms with Gasteiger partial charge in [-0.2, -0.15) is 0 Å². The minimum atomic E-state index is 0.402. The van der Waals surface area contributed by atoms with E-state index in [2.05, 4.69) is 15.0 Å². The van der Waals surface area contributed by atoms with Crippen LogP contribution in [-0.4, -0.2) is 15.0 Å². The monoisotopic (exact) mass is 238 g/mol. The third-order valence-corrected chi connectivity index (χ3v) is 2.52. The first-order chi connectivity index (χ1) is 8.84. The first-order valence-electron chi connectivity index (χ1n) is 5.41. The molecule has 2 heterocycles. The number of fused-ring (bicyclic) bond motifs is 1. The Kier molecular flexibility index (Phi) is 2.49. The molecular weight excluding hydrogens is 228 g/mol. The smallest absolute Gasteiger partial charge is 0.145 e. The molecule has 0 radical (unpaired) electrons. The van der Waals surface area contributed by atoms with Crippen molar-refractivity contribution >= 4 is 16.7 Å². The molecule has 0 saturated carbocycles. The Balaban J connectivity index is 2.12. The maximum absolute atomic E-state index is 5.86. The van der Waals surface area contributed by atoms with Crippen molar-refractivity contribution in [3.05, 3.63) is 49.1 Å². The standard InChI is InChI=1S/C13H10N4O/c14-13-12-10(16-8-17-13)4-1-5-11(12)18-9-3-2-6-15-7-9/h1-8H,(H2,14,16,17). The minimum Gasteiger partial charge on any atom is -0.455 e. The van der Waals surface area contributed by atoms with Crippen LogP contribution >= 0.6 is 0 Å². The predicted molar refractivity (Wildman–Crippen MR) is 68.3 cm³/mol. The van der Waals surface area contributed by atoms with Gasteiger partial charge < -0.3 is 10.5 Å². The van der Waals surface area contributed by atoms with E-state index in [4.69, 9.17) is 10.5 Å². The quantitative estimate of drug-likeness (QED) is 0.742. The Labute approximate surface area is 103 Å². The maximum atomic E-state index is 5.86.